The predicted molar refractivity (Wildman–Crippen MR) is 49.8 cm³/mol. The van der Waals surface area contributed by atoms with Crippen LogP contribution < -0.4 is 0 Å². The first-order valence-electron chi connectivity index (χ1n) is 4.20. The minimum Gasteiger partial charge on any atom is -0.396 e. The first-order valence-corrected chi connectivity index (χ1v) is 4.20. The summed E-state index contributed by atoms with van der Waals surface area (Å²) in [6, 6.07) is 10.9. The van der Waals surface area contributed by atoms with Gasteiger partial charge < -0.3 is 5.11 Å². The lowest BCUT2D eigenvalue weighted by atomic mass is 9.87. The van der Waals surface area contributed by atoms with Gasteiger partial charge in [0.15, 0.2) is 0 Å². The smallest absolute Gasteiger partial charge is 0.0485 e. The van der Waals surface area contributed by atoms with Gasteiger partial charge in [0.05, 0.1) is 0 Å². The van der Waals surface area contributed by atoms with Crippen molar-refractivity contribution in [1.29, 1.82) is 0 Å². The molecule has 0 aromatic heterocycles. The van der Waals surface area contributed by atoms with Crippen LogP contribution in [0, 0.1) is 11.5 Å². The van der Waals surface area contributed by atoms with Gasteiger partial charge in [-0.1, -0.05) is 38.1 Å². The van der Waals surface area contributed by atoms with Crippen molar-refractivity contribution in [3.63, 3.8) is 0 Å². The fourth-order valence-electron chi connectivity index (χ4n) is 1.15. The van der Waals surface area contributed by atoms with Crippen LogP contribution >= 0.6 is 0 Å². The molecule has 0 aliphatic carbocycles. The van der Waals surface area contributed by atoms with Crippen molar-refractivity contribution >= 4 is 0 Å². The Morgan fingerprint density at radius 1 is 1.33 bits per heavy atom. The van der Waals surface area contributed by atoms with Gasteiger partial charge in [-0.25, -0.2) is 0 Å². The molecular formula is C11H15O. The molecule has 0 saturated carbocycles. The van der Waals surface area contributed by atoms with Gasteiger partial charge in [0.1, 0.15) is 0 Å². The number of aliphatic hydroxyl groups excluding tert-OH is 1. The molecule has 0 amide bonds. The van der Waals surface area contributed by atoms with E-state index in [-0.39, 0.29) is 12.0 Å². The third-order valence-electron chi connectivity index (χ3n) is 1.90. The quantitative estimate of drug-likeness (QED) is 0.723. The highest BCUT2D eigenvalue weighted by molar-refractivity contribution is 5.15. The van der Waals surface area contributed by atoms with Crippen LogP contribution in [0.2, 0.25) is 0 Å². The number of rotatable bonds is 3. The lowest BCUT2D eigenvalue weighted by molar-refractivity contribution is 0.159. The van der Waals surface area contributed by atoms with Crippen molar-refractivity contribution < 1.29 is 5.11 Å². The van der Waals surface area contributed by atoms with Crippen LogP contribution in [0.4, 0.5) is 0 Å². The maximum Gasteiger partial charge on any atom is 0.0485 e. The van der Waals surface area contributed by atoms with Crippen molar-refractivity contribution in [2.45, 2.75) is 20.3 Å². The second-order valence-electron chi connectivity index (χ2n) is 3.91. The third kappa shape index (κ3) is 2.67. The molecule has 0 aliphatic heterocycles. The summed E-state index contributed by atoms with van der Waals surface area (Å²) in [5, 5.41) is 9.05. The summed E-state index contributed by atoms with van der Waals surface area (Å²) in [7, 11) is 0. The second-order valence-corrected chi connectivity index (χ2v) is 3.91. The Hall–Kier alpha value is -0.820. The largest absolute Gasteiger partial charge is 0.396 e. The van der Waals surface area contributed by atoms with Crippen molar-refractivity contribution in [3.05, 3.63) is 35.9 Å². The van der Waals surface area contributed by atoms with E-state index in [2.05, 4.69) is 19.9 Å². The van der Waals surface area contributed by atoms with Gasteiger partial charge in [-0.2, -0.15) is 0 Å². The summed E-state index contributed by atoms with van der Waals surface area (Å²) in [6.07, 6.45) is 0.915. The molecule has 1 nitrogen and oxygen atoms in total. The molecule has 0 fully saturated rings. The Balaban J connectivity index is 2.64. The molecule has 0 aliphatic rings. The molecule has 65 valence electrons. The summed E-state index contributed by atoms with van der Waals surface area (Å²) in [5.74, 6) is 0. The van der Waals surface area contributed by atoms with Crippen LogP contribution in [-0.2, 0) is 6.42 Å². The van der Waals surface area contributed by atoms with E-state index in [9.17, 15) is 0 Å². The Morgan fingerprint density at radius 2 is 1.92 bits per heavy atom. The van der Waals surface area contributed by atoms with E-state index in [1.807, 2.05) is 24.3 Å². The summed E-state index contributed by atoms with van der Waals surface area (Å²) in [5.41, 5.74) is 1.24. The maximum absolute atomic E-state index is 9.05. The normalized spacial score (nSPS) is 11.6. The molecule has 1 aromatic rings. The summed E-state index contributed by atoms with van der Waals surface area (Å²) in [4.78, 5) is 0. The number of hydrogen-bond acceptors (Lipinski definition) is 1. The molecule has 1 rings (SSSR count). The molecular weight excluding hydrogens is 148 g/mol. The average molecular weight is 163 g/mol. The first-order chi connectivity index (χ1) is 5.64. The molecule has 1 aromatic carbocycles. The van der Waals surface area contributed by atoms with Crippen LogP contribution in [0.15, 0.2) is 24.3 Å². The summed E-state index contributed by atoms with van der Waals surface area (Å²) in [6.45, 7) is 4.35. The zero-order valence-electron chi connectivity index (χ0n) is 7.67. The molecule has 0 bridgehead atoms. The number of aliphatic hydroxyl groups is 1. The van der Waals surface area contributed by atoms with Gasteiger partial charge in [-0.3, -0.25) is 0 Å². The number of hydrogen-bond donors (Lipinski definition) is 1. The Labute approximate surface area is 74.1 Å². The standard InChI is InChI=1S/C11H15O/c1-11(2,9-12)8-10-6-4-3-5-7-10/h4-7,12H,8-9H2,1-2H3. The maximum atomic E-state index is 9.05. The lowest BCUT2D eigenvalue weighted by Crippen LogP contribution is -2.19. The highest BCUT2D eigenvalue weighted by atomic mass is 16.3. The van der Waals surface area contributed by atoms with Gasteiger partial charge in [0.2, 0.25) is 0 Å². The molecule has 0 atom stereocenters. The highest BCUT2D eigenvalue weighted by Crippen LogP contribution is 2.20. The predicted octanol–water partition coefficient (Wildman–Crippen LogP) is 2.05. The van der Waals surface area contributed by atoms with Gasteiger partial charge in [0, 0.05) is 6.61 Å². The fraction of sp³-hybridized carbons (Fsp3) is 0.455. The Morgan fingerprint density at radius 3 is 2.42 bits per heavy atom. The molecule has 1 heteroatoms. The lowest BCUT2D eigenvalue weighted by Gasteiger charge is -2.21. The minimum absolute atomic E-state index is 0.0125. The molecule has 1 radical (unpaired) electrons. The molecule has 0 heterocycles. The van der Waals surface area contributed by atoms with Crippen LogP contribution in [-0.4, -0.2) is 11.7 Å². The molecule has 0 saturated heterocycles. The zero-order valence-corrected chi connectivity index (χ0v) is 7.67. The van der Waals surface area contributed by atoms with Gasteiger partial charge in [-0.05, 0) is 23.5 Å². The molecule has 12 heavy (non-hydrogen) atoms. The first kappa shape index (κ1) is 9.27. The summed E-state index contributed by atoms with van der Waals surface area (Å²) >= 11 is 0. The number of benzene rings is 1. The van der Waals surface area contributed by atoms with Crippen LogP contribution in [0.3, 0.4) is 0 Å². The van der Waals surface area contributed by atoms with Crippen molar-refractivity contribution in [2.75, 3.05) is 6.61 Å². The third-order valence-corrected chi connectivity index (χ3v) is 1.90. The second kappa shape index (κ2) is 3.72. The van der Waals surface area contributed by atoms with E-state index in [1.54, 1.807) is 0 Å². The van der Waals surface area contributed by atoms with Gasteiger partial charge in [-0.15, -0.1) is 0 Å². The SMILES string of the molecule is CC(C)(CO)Cc1cc[c]cc1. The van der Waals surface area contributed by atoms with Crippen LogP contribution in [0.1, 0.15) is 19.4 Å². The van der Waals surface area contributed by atoms with Crippen molar-refractivity contribution in [1.82, 2.24) is 0 Å². The monoisotopic (exact) mass is 163 g/mol. The highest BCUT2D eigenvalue weighted by Gasteiger charge is 2.16. The summed E-state index contributed by atoms with van der Waals surface area (Å²) < 4.78 is 0. The van der Waals surface area contributed by atoms with E-state index in [1.165, 1.54) is 5.56 Å². The van der Waals surface area contributed by atoms with E-state index < -0.39 is 0 Å². The zero-order chi connectivity index (χ0) is 9.03. The average Bonchev–Trinajstić information content (AvgIpc) is 2.06. The van der Waals surface area contributed by atoms with E-state index in [4.69, 9.17) is 5.11 Å². The van der Waals surface area contributed by atoms with Gasteiger partial charge in [0.25, 0.3) is 0 Å². The van der Waals surface area contributed by atoms with E-state index >= 15 is 0 Å². The van der Waals surface area contributed by atoms with Crippen molar-refractivity contribution in [3.8, 4) is 0 Å². The van der Waals surface area contributed by atoms with Crippen molar-refractivity contribution in [2.24, 2.45) is 5.41 Å². The Kier molecular flexibility index (Phi) is 2.88. The van der Waals surface area contributed by atoms with E-state index in [0.29, 0.717) is 0 Å². The molecule has 0 spiro atoms. The fourth-order valence-corrected chi connectivity index (χ4v) is 1.15. The van der Waals surface area contributed by atoms with E-state index in [0.717, 1.165) is 6.42 Å². The topological polar surface area (TPSA) is 20.2 Å². The van der Waals surface area contributed by atoms with Gasteiger partial charge >= 0.3 is 0 Å². The molecule has 0 unspecified atom stereocenters. The van der Waals surface area contributed by atoms with Crippen LogP contribution in [0.5, 0.6) is 0 Å². The minimum atomic E-state index is -0.0125. The molecule has 1 N–H and O–H groups in total. The van der Waals surface area contributed by atoms with Crippen LogP contribution in [0.25, 0.3) is 0 Å². The Bertz CT molecular complexity index is 226.